The molecule has 0 unspecified atom stereocenters. The third kappa shape index (κ3) is 4.54. The van der Waals surface area contributed by atoms with Crippen LogP contribution in [0.1, 0.15) is 41.4 Å². The highest BCUT2D eigenvalue weighted by atomic mass is 35.5. The van der Waals surface area contributed by atoms with E-state index in [0.29, 0.717) is 11.9 Å². The number of aromatic nitrogens is 2. The van der Waals surface area contributed by atoms with Gasteiger partial charge in [0.1, 0.15) is 5.69 Å². The Kier molecular flexibility index (Phi) is 5.83. The van der Waals surface area contributed by atoms with Crippen molar-refractivity contribution in [2.45, 2.75) is 25.9 Å². The molecule has 3 aromatic rings. The molecule has 0 saturated carbocycles. The van der Waals surface area contributed by atoms with Crippen molar-refractivity contribution in [3.05, 3.63) is 76.7 Å². The number of carbonyl (C=O) groups excluding carboxylic acids is 1. The van der Waals surface area contributed by atoms with Gasteiger partial charge in [0.15, 0.2) is 5.82 Å². The maximum absolute atomic E-state index is 12.7. The Bertz CT molecular complexity index is 1030. The van der Waals surface area contributed by atoms with Crippen LogP contribution in [0.25, 0.3) is 5.69 Å². The predicted molar refractivity (Wildman–Crippen MR) is 105 cm³/mol. The molecule has 0 radical (unpaired) electrons. The largest absolute Gasteiger partial charge is 0.417 e. The fraction of sp³-hybridized carbons (Fsp3) is 0.200. The highest BCUT2D eigenvalue weighted by Gasteiger charge is 2.31. The van der Waals surface area contributed by atoms with E-state index in [1.54, 1.807) is 22.9 Å². The molecule has 9 heteroatoms. The molecule has 0 aliphatic heterocycles. The van der Waals surface area contributed by atoms with Gasteiger partial charge < -0.3 is 4.57 Å². The van der Waals surface area contributed by atoms with E-state index in [0.717, 1.165) is 17.3 Å². The van der Waals surface area contributed by atoms with E-state index in [1.165, 1.54) is 0 Å². The minimum atomic E-state index is -4.55. The molecule has 0 aliphatic carbocycles. The lowest BCUT2D eigenvalue weighted by Crippen LogP contribution is -2.31. The van der Waals surface area contributed by atoms with E-state index in [1.807, 2.05) is 24.3 Å². The zero-order valence-corrected chi connectivity index (χ0v) is 16.3. The van der Waals surface area contributed by atoms with Gasteiger partial charge in [-0.1, -0.05) is 43.6 Å². The maximum Gasteiger partial charge on any atom is 0.417 e. The number of pyridine rings is 1. The van der Waals surface area contributed by atoms with Crippen molar-refractivity contribution >= 4 is 23.3 Å². The third-order valence-electron chi connectivity index (χ3n) is 4.26. The Labute approximate surface area is 170 Å². The smallest absolute Gasteiger partial charge is 0.312 e. The summed E-state index contributed by atoms with van der Waals surface area (Å²) in [7, 11) is 0. The van der Waals surface area contributed by atoms with Gasteiger partial charge in [-0.15, -0.1) is 0 Å². The molecule has 2 aromatic heterocycles. The van der Waals surface area contributed by atoms with Crippen LogP contribution in [0.2, 0.25) is 5.02 Å². The van der Waals surface area contributed by atoms with Crippen molar-refractivity contribution in [2.24, 2.45) is 0 Å². The molecule has 29 heavy (non-hydrogen) atoms. The van der Waals surface area contributed by atoms with Crippen LogP contribution in [0.15, 0.2) is 54.9 Å². The molecule has 0 fully saturated rings. The summed E-state index contributed by atoms with van der Waals surface area (Å²) in [6.07, 6.45) is -2.15. The number of carbonyl (C=O) groups is 1. The minimum Gasteiger partial charge on any atom is -0.312 e. The van der Waals surface area contributed by atoms with E-state index in [9.17, 15) is 18.0 Å². The van der Waals surface area contributed by atoms with Crippen LogP contribution < -0.4 is 10.9 Å². The molecule has 0 atom stereocenters. The summed E-state index contributed by atoms with van der Waals surface area (Å²) in [5, 5.41) is -0.263. The Hall–Kier alpha value is -3.00. The number of hydrogen-bond acceptors (Lipinski definition) is 3. The first-order chi connectivity index (χ1) is 13.7. The second-order valence-electron chi connectivity index (χ2n) is 6.61. The van der Waals surface area contributed by atoms with E-state index in [2.05, 4.69) is 29.7 Å². The molecule has 3 rings (SSSR count). The summed E-state index contributed by atoms with van der Waals surface area (Å²) < 4.78 is 39.9. The van der Waals surface area contributed by atoms with Crippen LogP contribution in [-0.4, -0.2) is 15.5 Å². The van der Waals surface area contributed by atoms with Crippen LogP contribution in [-0.2, 0) is 6.18 Å². The van der Waals surface area contributed by atoms with Gasteiger partial charge in [0.05, 0.1) is 10.6 Å². The summed E-state index contributed by atoms with van der Waals surface area (Å²) in [6, 6.07) is 11.8. The molecule has 0 saturated heterocycles. The van der Waals surface area contributed by atoms with Crippen LogP contribution in [0, 0.1) is 0 Å². The summed E-state index contributed by atoms with van der Waals surface area (Å²) in [4.78, 5) is 16.3. The first-order valence-electron chi connectivity index (χ1n) is 8.74. The second-order valence-corrected chi connectivity index (χ2v) is 7.02. The van der Waals surface area contributed by atoms with Crippen molar-refractivity contribution in [1.82, 2.24) is 15.0 Å². The normalized spacial score (nSPS) is 11.6. The van der Waals surface area contributed by atoms with Gasteiger partial charge in [-0.3, -0.25) is 15.6 Å². The number of nitrogens with one attached hydrogen (secondary N) is 2. The van der Waals surface area contributed by atoms with Gasteiger partial charge in [-0.05, 0) is 35.7 Å². The van der Waals surface area contributed by atoms with Crippen LogP contribution in [0.5, 0.6) is 0 Å². The average Bonchev–Trinajstić information content (AvgIpc) is 3.15. The zero-order chi connectivity index (χ0) is 21.2. The summed E-state index contributed by atoms with van der Waals surface area (Å²) in [5.74, 6) is -0.335. The van der Waals surface area contributed by atoms with Crippen molar-refractivity contribution in [3.8, 4) is 5.69 Å². The molecule has 2 heterocycles. The Morgan fingerprint density at radius 1 is 1.17 bits per heavy atom. The lowest BCUT2D eigenvalue weighted by atomic mass is 10.0. The van der Waals surface area contributed by atoms with Crippen LogP contribution in [0.3, 0.4) is 0 Å². The van der Waals surface area contributed by atoms with E-state index >= 15 is 0 Å². The summed E-state index contributed by atoms with van der Waals surface area (Å²) in [5.41, 5.74) is 6.19. The zero-order valence-electron chi connectivity index (χ0n) is 15.6. The van der Waals surface area contributed by atoms with Gasteiger partial charge in [0, 0.05) is 18.1 Å². The number of para-hydroxylation sites is 1. The number of amides is 1. The average molecular weight is 423 g/mol. The van der Waals surface area contributed by atoms with Crippen LogP contribution >= 0.6 is 11.6 Å². The third-order valence-corrected chi connectivity index (χ3v) is 4.55. The lowest BCUT2D eigenvalue weighted by molar-refractivity contribution is -0.137. The molecule has 2 N–H and O–H groups in total. The maximum atomic E-state index is 12.7. The predicted octanol–water partition coefficient (Wildman–Crippen LogP) is 5.42. The molecular formula is C20H18ClF3N4O. The molecule has 1 aromatic carbocycles. The van der Waals surface area contributed by atoms with Gasteiger partial charge in [-0.2, -0.15) is 13.2 Å². The standard InChI is InChI=1S/C20H18ClF3N4O/c1-12(2)14-6-3-4-7-16(14)28-9-5-8-17(28)19(29)27-26-18-15(21)10-13(11-25-18)20(22,23)24/h3-12H,1-2H3,(H,25,26)(H,27,29). The fourth-order valence-electron chi connectivity index (χ4n) is 2.84. The molecule has 152 valence electrons. The highest BCUT2D eigenvalue weighted by molar-refractivity contribution is 6.33. The molecule has 5 nitrogen and oxygen atoms in total. The fourth-order valence-corrected chi connectivity index (χ4v) is 3.05. The van der Waals surface area contributed by atoms with Crippen LogP contribution in [0.4, 0.5) is 19.0 Å². The summed E-state index contributed by atoms with van der Waals surface area (Å²) in [6.45, 7) is 4.11. The molecule has 1 amide bonds. The Balaban J connectivity index is 1.80. The minimum absolute atomic E-state index is 0.0892. The van der Waals surface area contributed by atoms with Gasteiger partial charge in [0.2, 0.25) is 0 Å². The second kappa shape index (κ2) is 8.16. The number of alkyl halides is 3. The van der Waals surface area contributed by atoms with E-state index in [-0.39, 0.29) is 16.8 Å². The monoisotopic (exact) mass is 422 g/mol. The van der Waals surface area contributed by atoms with Crippen molar-refractivity contribution in [1.29, 1.82) is 0 Å². The van der Waals surface area contributed by atoms with Gasteiger partial charge in [0.25, 0.3) is 5.91 Å². The molecular weight excluding hydrogens is 405 g/mol. The number of benzene rings is 1. The number of hydrogen-bond donors (Lipinski definition) is 2. The lowest BCUT2D eigenvalue weighted by Gasteiger charge is -2.16. The Morgan fingerprint density at radius 3 is 2.55 bits per heavy atom. The van der Waals surface area contributed by atoms with Gasteiger partial charge >= 0.3 is 6.18 Å². The van der Waals surface area contributed by atoms with Gasteiger partial charge in [-0.25, -0.2) is 4.98 Å². The number of halogens is 4. The van der Waals surface area contributed by atoms with Crippen molar-refractivity contribution in [3.63, 3.8) is 0 Å². The first kappa shape index (κ1) is 20.7. The number of hydrazine groups is 1. The van der Waals surface area contributed by atoms with Crippen molar-refractivity contribution in [2.75, 3.05) is 5.43 Å². The van der Waals surface area contributed by atoms with E-state index in [4.69, 9.17) is 11.6 Å². The number of nitrogens with zero attached hydrogens (tertiary/aromatic N) is 2. The Morgan fingerprint density at radius 2 is 1.90 bits per heavy atom. The SMILES string of the molecule is CC(C)c1ccccc1-n1cccc1C(=O)NNc1ncc(C(F)(F)F)cc1Cl. The molecule has 0 aliphatic rings. The number of anilines is 1. The topological polar surface area (TPSA) is 59.0 Å². The molecule has 0 bridgehead atoms. The number of rotatable bonds is 5. The van der Waals surface area contributed by atoms with Crippen molar-refractivity contribution < 1.29 is 18.0 Å². The van der Waals surface area contributed by atoms with E-state index < -0.39 is 17.6 Å². The highest BCUT2D eigenvalue weighted by Crippen LogP contribution is 2.32. The quantitative estimate of drug-likeness (QED) is 0.539. The molecule has 0 spiro atoms. The first-order valence-corrected chi connectivity index (χ1v) is 9.12. The summed E-state index contributed by atoms with van der Waals surface area (Å²) >= 11 is 5.85.